The van der Waals surface area contributed by atoms with Gasteiger partial charge in [-0.25, -0.2) is 0 Å². The van der Waals surface area contributed by atoms with Gasteiger partial charge in [0.2, 0.25) is 0 Å². The highest BCUT2D eigenvalue weighted by Gasteiger charge is 2.32. The normalized spacial score (nSPS) is 15.2. The van der Waals surface area contributed by atoms with Crippen molar-refractivity contribution in [1.82, 2.24) is 9.88 Å². The smallest absolute Gasteiger partial charge is 0.416 e. The van der Waals surface area contributed by atoms with Crippen molar-refractivity contribution in [3.8, 4) is 0 Å². The SMILES string of the molecule is C=N/C=C\C(=C/C)c1ccc(C(=O)Nc2cc(C(F)(F)F)ccc2N2CCN(Cc3ccncc3)CC2)o1. The number of amides is 1. The number of anilines is 2. The summed E-state index contributed by atoms with van der Waals surface area (Å²) in [5.74, 6) is -0.244. The summed E-state index contributed by atoms with van der Waals surface area (Å²) in [4.78, 5) is 25.0. The quantitative estimate of drug-likeness (QED) is 0.295. The number of nitrogens with zero attached hydrogens (tertiary/aromatic N) is 4. The summed E-state index contributed by atoms with van der Waals surface area (Å²) < 4.78 is 46.2. The zero-order valence-corrected chi connectivity index (χ0v) is 20.9. The highest BCUT2D eigenvalue weighted by Crippen LogP contribution is 2.36. The Kier molecular flexibility index (Phi) is 8.42. The summed E-state index contributed by atoms with van der Waals surface area (Å²) >= 11 is 0. The number of aliphatic imine (C=N–C) groups is 1. The second-order valence-electron chi connectivity index (χ2n) is 8.71. The average molecular weight is 524 g/mol. The zero-order valence-electron chi connectivity index (χ0n) is 20.9. The van der Waals surface area contributed by atoms with Crippen LogP contribution in [0.25, 0.3) is 5.57 Å². The van der Waals surface area contributed by atoms with Crippen LogP contribution in [0, 0.1) is 0 Å². The molecule has 0 radical (unpaired) electrons. The number of piperazine rings is 1. The molecule has 4 rings (SSSR count). The van der Waals surface area contributed by atoms with Crippen LogP contribution in [-0.2, 0) is 12.7 Å². The van der Waals surface area contributed by atoms with E-state index in [-0.39, 0.29) is 11.4 Å². The molecule has 0 aliphatic carbocycles. The molecule has 0 atom stereocenters. The van der Waals surface area contributed by atoms with E-state index >= 15 is 0 Å². The van der Waals surface area contributed by atoms with E-state index < -0.39 is 17.6 Å². The minimum absolute atomic E-state index is 0.0233. The standard InChI is InChI=1S/C28H28F3N5O2/c1-3-21(10-11-32-2)25-6-7-26(38-25)27(37)34-23-18-22(28(29,30)31)4-5-24(23)36-16-14-35(15-17-36)19-20-8-12-33-13-9-20/h3-13,18H,2,14-17,19H2,1H3,(H,34,37)/b11-10-,21-3+. The van der Waals surface area contributed by atoms with Gasteiger partial charge in [-0.15, -0.1) is 0 Å². The Morgan fingerprint density at radius 2 is 1.82 bits per heavy atom. The van der Waals surface area contributed by atoms with Crippen LogP contribution in [-0.4, -0.2) is 48.7 Å². The lowest BCUT2D eigenvalue weighted by Gasteiger charge is -2.37. The molecule has 1 aliphatic heterocycles. The Morgan fingerprint density at radius 3 is 2.47 bits per heavy atom. The topological polar surface area (TPSA) is 74.0 Å². The van der Waals surface area contributed by atoms with Crippen LogP contribution in [0.3, 0.4) is 0 Å². The predicted octanol–water partition coefficient (Wildman–Crippen LogP) is 5.89. The molecule has 1 amide bonds. The molecule has 10 heteroatoms. The summed E-state index contributed by atoms with van der Waals surface area (Å²) in [5.41, 5.74) is 1.58. The molecule has 3 heterocycles. The van der Waals surface area contributed by atoms with Crippen molar-refractivity contribution >= 4 is 29.6 Å². The summed E-state index contributed by atoms with van der Waals surface area (Å²) in [5, 5.41) is 2.64. The van der Waals surface area contributed by atoms with Crippen molar-refractivity contribution in [2.45, 2.75) is 19.6 Å². The fourth-order valence-electron chi connectivity index (χ4n) is 4.23. The maximum absolute atomic E-state index is 13.5. The van der Waals surface area contributed by atoms with Gasteiger partial charge in [-0.3, -0.25) is 19.7 Å². The third-order valence-corrected chi connectivity index (χ3v) is 6.23. The number of nitrogens with one attached hydrogen (secondary N) is 1. The van der Waals surface area contributed by atoms with Crippen LogP contribution in [0.1, 0.15) is 34.4 Å². The molecule has 2 aromatic heterocycles. The van der Waals surface area contributed by atoms with Crippen LogP contribution in [0.2, 0.25) is 0 Å². The molecule has 0 saturated carbocycles. The molecule has 7 nitrogen and oxygen atoms in total. The highest BCUT2D eigenvalue weighted by atomic mass is 19.4. The van der Waals surface area contributed by atoms with Crippen LogP contribution < -0.4 is 10.2 Å². The molecule has 3 aromatic rings. The molecule has 0 spiro atoms. The number of hydrogen-bond donors (Lipinski definition) is 1. The zero-order chi connectivity index (χ0) is 27.1. The fraction of sp³-hybridized carbons (Fsp3) is 0.250. The minimum atomic E-state index is -4.55. The molecule has 1 saturated heterocycles. The van der Waals surface area contributed by atoms with Crippen molar-refractivity contribution < 1.29 is 22.4 Å². The summed E-state index contributed by atoms with van der Waals surface area (Å²) in [7, 11) is 0. The van der Waals surface area contributed by atoms with Crippen molar-refractivity contribution in [2.24, 2.45) is 4.99 Å². The molecule has 1 aromatic carbocycles. The molecule has 0 unspecified atom stereocenters. The first-order chi connectivity index (χ1) is 18.3. The number of hydrogen-bond acceptors (Lipinski definition) is 6. The van der Waals surface area contributed by atoms with Gasteiger partial charge in [-0.1, -0.05) is 6.08 Å². The van der Waals surface area contributed by atoms with Gasteiger partial charge in [0.15, 0.2) is 5.76 Å². The fourth-order valence-corrected chi connectivity index (χ4v) is 4.23. The number of pyridine rings is 1. The van der Waals surface area contributed by atoms with E-state index in [9.17, 15) is 18.0 Å². The van der Waals surface area contributed by atoms with Crippen molar-refractivity contribution in [1.29, 1.82) is 0 Å². The van der Waals surface area contributed by atoms with Gasteiger partial charge >= 0.3 is 6.18 Å². The first-order valence-corrected chi connectivity index (χ1v) is 12.1. The number of furan rings is 1. The van der Waals surface area contributed by atoms with Gasteiger partial charge in [0.05, 0.1) is 16.9 Å². The third kappa shape index (κ3) is 6.57. The average Bonchev–Trinajstić information content (AvgIpc) is 3.40. The minimum Gasteiger partial charge on any atom is -0.451 e. The summed E-state index contributed by atoms with van der Waals surface area (Å²) in [6.07, 6.45) is 3.89. The maximum Gasteiger partial charge on any atom is 0.416 e. The Bertz CT molecular complexity index is 1320. The lowest BCUT2D eigenvalue weighted by molar-refractivity contribution is -0.137. The van der Waals surface area contributed by atoms with Gasteiger partial charge in [0.1, 0.15) is 5.76 Å². The predicted molar refractivity (Wildman–Crippen MR) is 142 cm³/mol. The third-order valence-electron chi connectivity index (χ3n) is 6.23. The van der Waals surface area contributed by atoms with Gasteiger partial charge in [0.25, 0.3) is 5.91 Å². The van der Waals surface area contributed by atoms with E-state index in [1.165, 1.54) is 18.3 Å². The van der Waals surface area contributed by atoms with Gasteiger partial charge in [-0.2, -0.15) is 13.2 Å². The lowest BCUT2D eigenvalue weighted by Crippen LogP contribution is -2.46. The molecule has 1 N–H and O–H groups in total. The summed E-state index contributed by atoms with van der Waals surface area (Å²) in [6, 6.07) is 10.4. The Labute approximate surface area is 219 Å². The molecule has 38 heavy (non-hydrogen) atoms. The van der Waals surface area contributed by atoms with Crippen LogP contribution in [0.4, 0.5) is 24.5 Å². The first-order valence-electron chi connectivity index (χ1n) is 12.1. The number of halogens is 3. The number of rotatable bonds is 8. The van der Waals surface area contributed by atoms with E-state index in [4.69, 9.17) is 4.42 Å². The molecule has 0 bridgehead atoms. The molecule has 1 fully saturated rings. The molecule has 1 aliphatic rings. The number of allylic oxidation sites excluding steroid dienone is 3. The van der Waals surface area contributed by atoms with Gasteiger partial charge in [-0.05, 0) is 67.7 Å². The van der Waals surface area contributed by atoms with E-state index in [1.807, 2.05) is 17.0 Å². The Balaban J connectivity index is 1.52. The van der Waals surface area contributed by atoms with E-state index in [2.05, 4.69) is 26.9 Å². The van der Waals surface area contributed by atoms with Crippen LogP contribution in [0.15, 0.2) is 82.6 Å². The van der Waals surface area contributed by atoms with Crippen LogP contribution in [0.5, 0.6) is 0 Å². The Hall–Kier alpha value is -4.18. The van der Waals surface area contributed by atoms with E-state index in [0.29, 0.717) is 30.1 Å². The number of benzene rings is 1. The highest BCUT2D eigenvalue weighted by molar-refractivity contribution is 6.04. The lowest BCUT2D eigenvalue weighted by atomic mass is 10.1. The number of carbonyl (C=O) groups excluding carboxylic acids is 1. The van der Waals surface area contributed by atoms with E-state index in [0.717, 1.165) is 37.3 Å². The largest absolute Gasteiger partial charge is 0.451 e. The van der Waals surface area contributed by atoms with Crippen molar-refractivity contribution in [3.63, 3.8) is 0 Å². The second kappa shape index (κ2) is 11.9. The van der Waals surface area contributed by atoms with Crippen molar-refractivity contribution in [2.75, 3.05) is 36.4 Å². The van der Waals surface area contributed by atoms with Gasteiger partial charge in [0, 0.05) is 56.9 Å². The monoisotopic (exact) mass is 523 g/mol. The number of carbonyl (C=O) groups is 1. The summed E-state index contributed by atoms with van der Waals surface area (Å²) in [6.45, 7) is 8.58. The van der Waals surface area contributed by atoms with Crippen molar-refractivity contribution in [3.05, 3.63) is 95.9 Å². The molecule has 198 valence electrons. The molecular weight excluding hydrogens is 495 g/mol. The van der Waals surface area contributed by atoms with Gasteiger partial charge < -0.3 is 14.6 Å². The Morgan fingerprint density at radius 1 is 1.11 bits per heavy atom. The number of aromatic nitrogens is 1. The second-order valence-corrected chi connectivity index (χ2v) is 8.71. The maximum atomic E-state index is 13.5. The number of alkyl halides is 3. The van der Waals surface area contributed by atoms with E-state index in [1.54, 1.807) is 37.5 Å². The van der Waals surface area contributed by atoms with Crippen LogP contribution >= 0.6 is 0 Å². The molecular formula is C28H28F3N5O2. The first kappa shape index (κ1) is 26.9.